The topological polar surface area (TPSA) is 52.2 Å². The van der Waals surface area contributed by atoms with Crippen LogP contribution >= 0.6 is 22.9 Å². The van der Waals surface area contributed by atoms with E-state index < -0.39 is 0 Å². The molecule has 0 aliphatic carbocycles. The molecular formula is C15H15ClN4OS. The number of nitrogens with zero attached hydrogens (tertiary/aromatic N) is 4. The van der Waals surface area contributed by atoms with Gasteiger partial charge in [0.15, 0.2) is 10.5 Å². The molecule has 0 N–H and O–H groups in total. The van der Waals surface area contributed by atoms with Gasteiger partial charge in [-0.05, 0) is 37.6 Å². The second-order valence-electron chi connectivity index (χ2n) is 5.22. The van der Waals surface area contributed by atoms with Crippen LogP contribution < -0.4 is 4.80 Å². The van der Waals surface area contributed by atoms with E-state index in [0.717, 1.165) is 21.5 Å². The number of halogens is 1. The lowest BCUT2D eigenvalue weighted by molar-refractivity contribution is 0.0992. The molecule has 0 aliphatic heterocycles. The zero-order valence-corrected chi connectivity index (χ0v) is 14.3. The van der Waals surface area contributed by atoms with E-state index in [1.54, 1.807) is 17.8 Å². The quantitative estimate of drug-likeness (QED) is 0.687. The van der Waals surface area contributed by atoms with Crippen LogP contribution in [0.25, 0.3) is 10.2 Å². The number of rotatable bonds is 1. The second-order valence-corrected chi connectivity index (χ2v) is 6.67. The molecule has 1 amide bonds. The van der Waals surface area contributed by atoms with Crippen molar-refractivity contribution in [1.82, 2.24) is 14.3 Å². The van der Waals surface area contributed by atoms with Crippen molar-refractivity contribution in [2.45, 2.75) is 13.8 Å². The first kappa shape index (κ1) is 15.0. The van der Waals surface area contributed by atoms with Crippen LogP contribution in [0, 0.1) is 13.8 Å². The van der Waals surface area contributed by atoms with Gasteiger partial charge in [-0.2, -0.15) is 10.1 Å². The van der Waals surface area contributed by atoms with Crippen molar-refractivity contribution in [2.24, 2.45) is 19.1 Å². The lowest BCUT2D eigenvalue weighted by Crippen LogP contribution is -2.14. The van der Waals surface area contributed by atoms with Crippen LogP contribution in [0.15, 0.2) is 23.2 Å². The lowest BCUT2D eigenvalue weighted by Gasteiger charge is -2.00. The molecule has 114 valence electrons. The third-order valence-electron chi connectivity index (χ3n) is 3.58. The minimum absolute atomic E-state index is 0.338. The molecule has 7 heteroatoms. The van der Waals surface area contributed by atoms with Crippen molar-refractivity contribution >= 4 is 39.1 Å². The molecule has 0 atom stereocenters. The van der Waals surface area contributed by atoms with Crippen molar-refractivity contribution < 1.29 is 4.79 Å². The fraction of sp³-hybridized carbons (Fsp3) is 0.267. The third kappa shape index (κ3) is 2.48. The molecule has 22 heavy (non-hydrogen) atoms. The highest BCUT2D eigenvalue weighted by atomic mass is 35.5. The van der Waals surface area contributed by atoms with Crippen molar-refractivity contribution in [3.8, 4) is 0 Å². The van der Waals surface area contributed by atoms with E-state index in [9.17, 15) is 4.79 Å². The van der Waals surface area contributed by atoms with Crippen molar-refractivity contribution in [3.05, 3.63) is 45.0 Å². The Hall–Kier alpha value is -1.92. The molecule has 3 rings (SSSR count). The molecule has 0 fully saturated rings. The van der Waals surface area contributed by atoms with Crippen molar-refractivity contribution in [3.63, 3.8) is 0 Å². The normalized spacial score (nSPS) is 12.3. The molecule has 3 aromatic rings. The summed E-state index contributed by atoms with van der Waals surface area (Å²) in [6.07, 6.45) is 0. The Kier molecular flexibility index (Phi) is 3.66. The number of carbonyl (C=O) groups excluding carboxylic acids is 1. The van der Waals surface area contributed by atoms with E-state index in [1.165, 1.54) is 11.3 Å². The van der Waals surface area contributed by atoms with Gasteiger partial charge in [-0.1, -0.05) is 22.9 Å². The van der Waals surface area contributed by atoms with Crippen LogP contribution in [-0.4, -0.2) is 20.3 Å². The van der Waals surface area contributed by atoms with Gasteiger partial charge in [0.1, 0.15) is 0 Å². The molecule has 0 bridgehead atoms. The fourth-order valence-corrected chi connectivity index (χ4v) is 3.85. The first-order chi connectivity index (χ1) is 10.4. The average molecular weight is 335 g/mol. The summed E-state index contributed by atoms with van der Waals surface area (Å²) in [6, 6.07) is 5.54. The van der Waals surface area contributed by atoms with E-state index in [0.29, 0.717) is 15.5 Å². The molecule has 0 unspecified atom stereocenters. The predicted molar refractivity (Wildman–Crippen MR) is 88.4 cm³/mol. The van der Waals surface area contributed by atoms with E-state index in [4.69, 9.17) is 11.6 Å². The van der Waals surface area contributed by atoms with Crippen LogP contribution in [-0.2, 0) is 14.1 Å². The molecule has 0 spiro atoms. The van der Waals surface area contributed by atoms with Crippen LogP contribution in [0.3, 0.4) is 0 Å². The van der Waals surface area contributed by atoms with E-state index >= 15 is 0 Å². The van der Waals surface area contributed by atoms with Crippen molar-refractivity contribution in [1.29, 1.82) is 0 Å². The first-order valence-electron chi connectivity index (χ1n) is 6.72. The Labute approximate surface area is 136 Å². The van der Waals surface area contributed by atoms with Crippen LogP contribution in [0.5, 0.6) is 0 Å². The summed E-state index contributed by atoms with van der Waals surface area (Å²) in [6.45, 7) is 3.89. The Morgan fingerprint density at radius 1 is 1.27 bits per heavy atom. The summed E-state index contributed by atoms with van der Waals surface area (Å²) < 4.78 is 4.59. The SMILES string of the molecule is Cc1cc(Cl)cc2sc(=NC(=O)c3cc(C)n(C)n3)n(C)c12. The highest BCUT2D eigenvalue weighted by Crippen LogP contribution is 2.25. The minimum Gasteiger partial charge on any atom is -0.319 e. The predicted octanol–water partition coefficient (Wildman–Crippen LogP) is 2.98. The average Bonchev–Trinajstić information content (AvgIpc) is 2.91. The maximum absolute atomic E-state index is 12.3. The lowest BCUT2D eigenvalue weighted by atomic mass is 10.2. The number of amides is 1. The van der Waals surface area contributed by atoms with Crippen LogP contribution in [0.4, 0.5) is 0 Å². The van der Waals surface area contributed by atoms with Crippen LogP contribution in [0.1, 0.15) is 21.7 Å². The van der Waals surface area contributed by atoms with Gasteiger partial charge in [0, 0.05) is 24.8 Å². The van der Waals surface area contributed by atoms with E-state index in [-0.39, 0.29) is 5.91 Å². The molecule has 1 aromatic carbocycles. The summed E-state index contributed by atoms with van der Waals surface area (Å²) in [7, 11) is 3.70. The molecule has 0 aliphatic rings. The Morgan fingerprint density at radius 3 is 2.64 bits per heavy atom. The molecule has 0 saturated heterocycles. The zero-order valence-electron chi connectivity index (χ0n) is 12.7. The number of fused-ring (bicyclic) bond motifs is 1. The van der Waals surface area contributed by atoms with Gasteiger partial charge in [-0.15, -0.1) is 0 Å². The summed E-state index contributed by atoms with van der Waals surface area (Å²) in [4.78, 5) is 17.1. The highest BCUT2D eigenvalue weighted by Gasteiger charge is 2.12. The number of aromatic nitrogens is 3. The molecule has 5 nitrogen and oxygen atoms in total. The standard InChI is InChI=1S/C15H15ClN4OS/c1-8-5-10(16)7-12-13(8)19(3)15(22-12)17-14(21)11-6-9(2)20(4)18-11/h5-7H,1-4H3. The van der Waals surface area contributed by atoms with Gasteiger partial charge in [0.2, 0.25) is 0 Å². The summed E-state index contributed by atoms with van der Waals surface area (Å²) in [5.74, 6) is -0.338. The molecule has 2 heterocycles. The van der Waals surface area contributed by atoms with Crippen molar-refractivity contribution in [2.75, 3.05) is 0 Å². The Balaban J connectivity index is 2.15. The van der Waals surface area contributed by atoms with Gasteiger partial charge in [0.25, 0.3) is 5.91 Å². The molecule has 2 aromatic heterocycles. The van der Waals surface area contributed by atoms with Crippen LogP contribution in [0.2, 0.25) is 5.02 Å². The number of aryl methyl sites for hydroxylation is 4. The van der Waals surface area contributed by atoms with Gasteiger partial charge >= 0.3 is 0 Å². The largest absolute Gasteiger partial charge is 0.319 e. The minimum atomic E-state index is -0.338. The Bertz CT molecular complexity index is 944. The maximum Gasteiger partial charge on any atom is 0.300 e. The number of benzene rings is 1. The summed E-state index contributed by atoms with van der Waals surface area (Å²) in [5, 5.41) is 4.85. The monoisotopic (exact) mass is 334 g/mol. The number of hydrogen-bond donors (Lipinski definition) is 0. The van der Waals surface area contributed by atoms with Gasteiger partial charge in [-0.25, -0.2) is 0 Å². The van der Waals surface area contributed by atoms with Gasteiger partial charge in [-0.3, -0.25) is 9.48 Å². The number of carbonyl (C=O) groups is 1. The molecule has 0 radical (unpaired) electrons. The second kappa shape index (κ2) is 5.37. The number of hydrogen-bond acceptors (Lipinski definition) is 3. The maximum atomic E-state index is 12.3. The van der Waals surface area contributed by atoms with Gasteiger partial charge in [0.05, 0.1) is 10.2 Å². The smallest absolute Gasteiger partial charge is 0.300 e. The number of thiazole rings is 1. The highest BCUT2D eigenvalue weighted by molar-refractivity contribution is 7.16. The summed E-state index contributed by atoms with van der Waals surface area (Å²) in [5.41, 5.74) is 3.37. The van der Waals surface area contributed by atoms with E-state index in [2.05, 4.69) is 10.1 Å². The summed E-state index contributed by atoms with van der Waals surface area (Å²) >= 11 is 7.54. The first-order valence-corrected chi connectivity index (χ1v) is 7.91. The molecule has 0 saturated carbocycles. The van der Waals surface area contributed by atoms with E-state index in [1.807, 2.05) is 37.6 Å². The van der Waals surface area contributed by atoms with Gasteiger partial charge < -0.3 is 4.57 Å². The fourth-order valence-electron chi connectivity index (χ4n) is 2.38. The third-order valence-corrected chi connectivity index (χ3v) is 4.88. The Morgan fingerprint density at radius 2 is 2.00 bits per heavy atom. The zero-order chi connectivity index (χ0) is 16.0. The molecular weight excluding hydrogens is 320 g/mol.